The van der Waals surface area contributed by atoms with Crippen LogP contribution >= 0.6 is 11.3 Å². The molecule has 1 N–H and O–H groups in total. The Kier molecular flexibility index (Phi) is 6.67. The molecule has 1 fully saturated rings. The predicted molar refractivity (Wildman–Crippen MR) is 86.6 cm³/mol. The van der Waals surface area contributed by atoms with Gasteiger partial charge < -0.3 is 15.0 Å². The zero-order chi connectivity index (χ0) is 15.1. The van der Waals surface area contributed by atoms with Gasteiger partial charge in [0.05, 0.1) is 13.5 Å². The van der Waals surface area contributed by atoms with Crippen molar-refractivity contribution in [3.05, 3.63) is 21.9 Å². The molecule has 0 bridgehead atoms. The molecule has 2 rings (SSSR count). The number of nitrogens with zero attached hydrogens (tertiary/aromatic N) is 1. The zero-order valence-electron chi connectivity index (χ0n) is 13.1. The normalized spacial score (nSPS) is 17.0. The summed E-state index contributed by atoms with van der Waals surface area (Å²) in [6, 6.07) is 4.11. The van der Waals surface area contributed by atoms with Crippen molar-refractivity contribution in [2.24, 2.45) is 5.92 Å². The summed E-state index contributed by atoms with van der Waals surface area (Å²) in [5, 5.41) is 3.49. The first kappa shape index (κ1) is 16.5. The van der Waals surface area contributed by atoms with Crippen LogP contribution in [0, 0.1) is 5.92 Å². The van der Waals surface area contributed by atoms with Crippen LogP contribution in [0.2, 0.25) is 0 Å². The van der Waals surface area contributed by atoms with Gasteiger partial charge >= 0.3 is 5.97 Å². The van der Waals surface area contributed by atoms with E-state index in [0.717, 1.165) is 30.4 Å². The summed E-state index contributed by atoms with van der Waals surface area (Å²) in [5.41, 5.74) is 0. The average Bonchev–Trinajstić information content (AvgIpc) is 2.93. The number of nitrogens with one attached hydrogen (secondary N) is 1. The summed E-state index contributed by atoms with van der Waals surface area (Å²) >= 11 is 1.69. The highest BCUT2D eigenvalue weighted by atomic mass is 32.1. The first-order valence-electron chi connectivity index (χ1n) is 7.75. The van der Waals surface area contributed by atoms with Gasteiger partial charge in [0.1, 0.15) is 0 Å². The molecule has 0 atom stereocenters. The van der Waals surface area contributed by atoms with E-state index in [1.807, 2.05) is 6.07 Å². The lowest BCUT2D eigenvalue weighted by molar-refractivity contribution is -0.139. The van der Waals surface area contributed by atoms with Crippen LogP contribution in [0.1, 0.15) is 29.5 Å². The van der Waals surface area contributed by atoms with E-state index in [1.165, 1.54) is 37.9 Å². The molecule has 0 aromatic carbocycles. The number of hydrogen-bond acceptors (Lipinski definition) is 5. The molecule has 21 heavy (non-hydrogen) atoms. The SMILES string of the molecule is COC(=O)Cc1ccc(CNCCN2CCC(C)CC2)s1. The Labute approximate surface area is 131 Å². The van der Waals surface area contributed by atoms with Crippen molar-refractivity contribution in [3.63, 3.8) is 0 Å². The third kappa shape index (κ3) is 5.77. The molecule has 0 radical (unpaired) electrons. The van der Waals surface area contributed by atoms with Crippen LogP contribution in [0.15, 0.2) is 12.1 Å². The summed E-state index contributed by atoms with van der Waals surface area (Å²) in [7, 11) is 1.43. The van der Waals surface area contributed by atoms with Crippen LogP contribution in [0.3, 0.4) is 0 Å². The van der Waals surface area contributed by atoms with Crippen LogP contribution in [0.25, 0.3) is 0 Å². The van der Waals surface area contributed by atoms with Crippen molar-refractivity contribution < 1.29 is 9.53 Å². The maximum absolute atomic E-state index is 11.2. The largest absolute Gasteiger partial charge is 0.469 e. The number of esters is 1. The number of rotatable bonds is 7. The summed E-state index contributed by atoms with van der Waals surface area (Å²) in [6.45, 7) is 7.87. The second-order valence-electron chi connectivity index (χ2n) is 5.82. The lowest BCUT2D eigenvalue weighted by Crippen LogP contribution is -2.37. The van der Waals surface area contributed by atoms with Gasteiger partial charge in [-0.2, -0.15) is 0 Å². The second kappa shape index (κ2) is 8.51. The van der Waals surface area contributed by atoms with Crippen molar-refractivity contribution in [1.29, 1.82) is 0 Å². The topological polar surface area (TPSA) is 41.6 Å². The Morgan fingerprint density at radius 2 is 2.10 bits per heavy atom. The highest BCUT2D eigenvalue weighted by Gasteiger charge is 2.14. The van der Waals surface area contributed by atoms with Crippen molar-refractivity contribution in [2.45, 2.75) is 32.7 Å². The Morgan fingerprint density at radius 3 is 2.81 bits per heavy atom. The molecule has 2 heterocycles. The minimum absolute atomic E-state index is 0.171. The number of methoxy groups -OCH3 is 1. The van der Waals surface area contributed by atoms with Gasteiger partial charge in [0.2, 0.25) is 0 Å². The van der Waals surface area contributed by atoms with Gasteiger partial charge in [-0.3, -0.25) is 4.79 Å². The molecular weight excluding hydrogens is 284 g/mol. The highest BCUT2D eigenvalue weighted by Crippen LogP contribution is 2.17. The van der Waals surface area contributed by atoms with Crippen LogP contribution < -0.4 is 5.32 Å². The summed E-state index contributed by atoms with van der Waals surface area (Å²) in [6.07, 6.45) is 3.05. The lowest BCUT2D eigenvalue weighted by atomic mass is 9.99. The van der Waals surface area contributed by atoms with Crippen molar-refractivity contribution >= 4 is 17.3 Å². The Hall–Kier alpha value is -0.910. The molecule has 0 unspecified atom stereocenters. The fourth-order valence-corrected chi connectivity index (χ4v) is 3.53. The molecule has 5 heteroatoms. The van der Waals surface area contributed by atoms with Gasteiger partial charge in [0, 0.05) is 29.4 Å². The number of ether oxygens (including phenoxy) is 1. The Morgan fingerprint density at radius 1 is 1.38 bits per heavy atom. The van der Waals surface area contributed by atoms with Crippen LogP contribution in [-0.4, -0.2) is 44.2 Å². The molecule has 0 spiro atoms. The maximum Gasteiger partial charge on any atom is 0.310 e. The molecule has 4 nitrogen and oxygen atoms in total. The van der Waals surface area contributed by atoms with Crippen LogP contribution in [0.5, 0.6) is 0 Å². The number of carbonyl (C=O) groups excluding carboxylic acids is 1. The molecule has 0 amide bonds. The third-order valence-corrected chi connectivity index (χ3v) is 5.13. The number of hydrogen-bond donors (Lipinski definition) is 1. The molecule has 0 aliphatic carbocycles. The summed E-state index contributed by atoms with van der Waals surface area (Å²) in [5.74, 6) is 0.726. The van der Waals surface area contributed by atoms with Gasteiger partial charge in [-0.25, -0.2) is 0 Å². The maximum atomic E-state index is 11.2. The molecule has 1 aliphatic heterocycles. The fourth-order valence-electron chi connectivity index (χ4n) is 2.56. The molecule has 1 aromatic rings. The molecular formula is C16H26N2O2S. The third-order valence-electron chi connectivity index (χ3n) is 4.04. The number of thiophene rings is 1. The molecule has 1 aliphatic rings. The summed E-state index contributed by atoms with van der Waals surface area (Å²) < 4.78 is 4.68. The number of likely N-dealkylation sites (tertiary alicyclic amines) is 1. The minimum Gasteiger partial charge on any atom is -0.469 e. The van der Waals surface area contributed by atoms with Gasteiger partial charge in [0.25, 0.3) is 0 Å². The van der Waals surface area contributed by atoms with E-state index in [-0.39, 0.29) is 5.97 Å². The zero-order valence-corrected chi connectivity index (χ0v) is 13.9. The van der Waals surface area contributed by atoms with Gasteiger partial charge in [-0.1, -0.05) is 6.92 Å². The van der Waals surface area contributed by atoms with E-state index >= 15 is 0 Å². The Bertz CT molecular complexity index is 439. The van der Waals surface area contributed by atoms with Gasteiger partial charge in [-0.05, 0) is 44.0 Å². The van der Waals surface area contributed by atoms with E-state index in [1.54, 1.807) is 11.3 Å². The van der Waals surface area contributed by atoms with Gasteiger partial charge in [-0.15, -0.1) is 11.3 Å². The average molecular weight is 310 g/mol. The smallest absolute Gasteiger partial charge is 0.310 e. The van der Waals surface area contributed by atoms with Crippen molar-refractivity contribution in [1.82, 2.24) is 10.2 Å². The van der Waals surface area contributed by atoms with E-state index in [2.05, 4.69) is 27.9 Å². The van der Waals surface area contributed by atoms with Gasteiger partial charge in [0.15, 0.2) is 0 Å². The van der Waals surface area contributed by atoms with E-state index in [4.69, 9.17) is 0 Å². The first-order chi connectivity index (χ1) is 10.2. The fraction of sp³-hybridized carbons (Fsp3) is 0.688. The van der Waals surface area contributed by atoms with Crippen molar-refractivity contribution in [2.75, 3.05) is 33.3 Å². The van der Waals surface area contributed by atoms with E-state index in [0.29, 0.717) is 6.42 Å². The standard InChI is InChI=1S/C16H26N2O2S/c1-13-5-8-18(9-6-13)10-7-17-12-15-4-3-14(21-15)11-16(19)20-2/h3-4,13,17H,5-12H2,1-2H3. The van der Waals surface area contributed by atoms with E-state index in [9.17, 15) is 4.79 Å². The lowest BCUT2D eigenvalue weighted by Gasteiger charge is -2.30. The number of carbonyl (C=O) groups is 1. The number of piperidine rings is 1. The molecule has 0 saturated carbocycles. The summed E-state index contributed by atoms with van der Waals surface area (Å²) in [4.78, 5) is 16.1. The van der Waals surface area contributed by atoms with Crippen molar-refractivity contribution in [3.8, 4) is 0 Å². The van der Waals surface area contributed by atoms with Crippen LogP contribution in [0.4, 0.5) is 0 Å². The molecule has 118 valence electrons. The molecule has 1 saturated heterocycles. The van der Waals surface area contributed by atoms with Crippen LogP contribution in [-0.2, 0) is 22.5 Å². The predicted octanol–water partition coefficient (Wildman–Crippen LogP) is 2.29. The Balaban J connectivity index is 1.61. The molecule has 1 aromatic heterocycles. The second-order valence-corrected chi connectivity index (χ2v) is 7.07. The van der Waals surface area contributed by atoms with E-state index < -0.39 is 0 Å². The minimum atomic E-state index is -0.171. The quantitative estimate of drug-likeness (QED) is 0.620. The first-order valence-corrected chi connectivity index (χ1v) is 8.56. The highest BCUT2D eigenvalue weighted by molar-refractivity contribution is 7.12. The monoisotopic (exact) mass is 310 g/mol.